The molecule has 0 bridgehead atoms. The summed E-state index contributed by atoms with van der Waals surface area (Å²) in [4.78, 5) is 16.6. The van der Waals surface area contributed by atoms with E-state index in [1.807, 2.05) is 17.7 Å². The number of aliphatic hydroxyl groups excluding tert-OH is 1. The molecule has 1 fully saturated rings. The van der Waals surface area contributed by atoms with Gasteiger partial charge in [-0.25, -0.2) is 9.37 Å². The molecule has 1 saturated carbocycles. The molecule has 1 atom stereocenters. The predicted octanol–water partition coefficient (Wildman–Crippen LogP) is 2.36. The molecule has 1 aromatic heterocycles. The van der Waals surface area contributed by atoms with Gasteiger partial charge in [0.25, 0.3) is 0 Å². The smallest absolute Gasteiger partial charge is 0.222 e. The van der Waals surface area contributed by atoms with Crippen molar-refractivity contribution < 1.29 is 19.0 Å². The van der Waals surface area contributed by atoms with E-state index >= 15 is 0 Å². The SMILES string of the molecule is COc1ccc([C@@H](NC(=O)CCn2ccnc2C)C2CC(O)C2)cc1F. The third-order valence-electron chi connectivity index (χ3n) is 4.98. The van der Waals surface area contributed by atoms with Crippen molar-refractivity contribution in [2.75, 3.05) is 7.11 Å². The highest BCUT2D eigenvalue weighted by Gasteiger charge is 2.35. The third-order valence-corrected chi connectivity index (χ3v) is 4.98. The number of carbonyl (C=O) groups excluding carboxylic acids is 1. The first-order valence-corrected chi connectivity index (χ1v) is 8.76. The van der Waals surface area contributed by atoms with E-state index in [2.05, 4.69) is 10.3 Å². The molecule has 3 rings (SSSR count). The van der Waals surface area contributed by atoms with Crippen LogP contribution in [-0.2, 0) is 11.3 Å². The minimum absolute atomic E-state index is 0.0942. The number of nitrogens with zero attached hydrogens (tertiary/aromatic N) is 2. The maximum Gasteiger partial charge on any atom is 0.222 e. The first kappa shape index (κ1) is 18.4. The lowest BCUT2D eigenvalue weighted by atomic mass is 9.75. The van der Waals surface area contributed by atoms with Crippen molar-refractivity contribution in [3.63, 3.8) is 0 Å². The molecular formula is C19H24FN3O3. The molecule has 1 amide bonds. The van der Waals surface area contributed by atoms with Crippen molar-refractivity contribution in [2.45, 2.75) is 44.9 Å². The molecule has 2 N–H and O–H groups in total. The molecule has 140 valence electrons. The van der Waals surface area contributed by atoms with Crippen LogP contribution in [0.4, 0.5) is 4.39 Å². The van der Waals surface area contributed by atoms with E-state index < -0.39 is 5.82 Å². The summed E-state index contributed by atoms with van der Waals surface area (Å²) in [5.41, 5.74) is 0.687. The minimum Gasteiger partial charge on any atom is -0.494 e. The topological polar surface area (TPSA) is 76.4 Å². The van der Waals surface area contributed by atoms with Gasteiger partial charge < -0.3 is 19.7 Å². The monoisotopic (exact) mass is 361 g/mol. The lowest BCUT2D eigenvalue weighted by Gasteiger charge is -2.38. The third kappa shape index (κ3) is 4.04. The van der Waals surface area contributed by atoms with Crippen LogP contribution in [0, 0.1) is 18.7 Å². The Kier molecular flexibility index (Phi) is 5.56. The molecule has 0 aliphatic heterocycles. The van der Waals surface area contributed by atoms with Gasteiger partial charge in [-0.05, 0) is 43.4 Å². The zero-order valence-corrected chi connectivity index (χ0v) is 15.0. The normalized spacial score (nSPS) is 20.3. The number of benzene rings is 1. The molecule has 0 spiro atoms. The number of nitrogens with one attached hydrogen (secondary N) is 1. The number of amides is 1. The van der Waals surface area contributed by atoms with Gasteiger partial charge >= 0.3 is 0 Å². The molecule has 26 heavy (non-hydrogen) atoms. The second kappa shape index (κ2) is 7.86. The predicted molar refractivity (Wildman–Crippen MR) is 94.1 cm³/mol. The Morgan fingerprint density at radius 1 is 1.50 bits per heavy atom. The minimum atomic E-state index is -0.460. The van der Waals surface area contributed by atoms with Crippen LogP contribution in [0.2, 0.25) is 0 Å². The fraction of sp³-hybridized carbons (Fsp3) is 0.474. The molecule has 1 aromatic carbocycles. The number of aromatic nitrogens is 2. The van der Waals surface area contributed by atoms with Crippen molar-refractivity contribution in [3.05, 3.63) is 47.8 Å². The van der Waals surface area contributed by atoms with E-state index in [1.165, 1.54) is 13.2 Å². The van der Waals surface area contributed by atoms with Gasteiger partial charge in [-0.1, -0.05) is 6.07 Å². The summed E-state index contributed by atoms with van der Waals surface area (Å²) >= 11 is 0. The summed E-state index contributed by atoms with van der Waals surface area (Å²) in [7, 11) is 1.41. The molecule has 2 aromatic rings. The standard InChI is InChI=1S/C19H24FN3O3/c1-12-21-6-8-23(12)7-5-18(25)22-19(14-9-15(24)10-14)13-3-4-17(26-2)16(20)11-13/h3-4,6,8,11,14-15,19,24H,5,7,9-10H2,1-2H3,(H,22,25)/t14?,15?,19-/m1/s1. The number of imidazole rings is 1. The number of aliphatic hydroxyl groups is 1. The molecule has 7 heteroatoms. The second-order valence-electron chi connectivity index (χ2n) is 6.74. The number of hydrogen-bond donors (Lipinski definition) is 2. The highest BCUT2D eigenvalue weighted by atomic mass is 19.1. The van der Waals surface area contributed by atoms with Crippen LogP contribution in [0.1, 0.15) is 36.7 Å². The fourth-order valence-electron chi connectivity index (χ4n) is 3.36. The number of halogens is 1. The van der Waals surface area contributed by atoms with Gasteiger partial charge in [0, 0.05) is 25.4 Å². The molecule has 0 unspecified atom stereocenters. The largest absolute Gasteiger partial charge is 0.494 e. The summed E-state index contributed by atoms with van der Waals surface area (Å²) in [5, 5.41) is 12.6. The van der Waals surface area contributed by atoms with E-state index in [1.54, 1.807) is 18.3 Å². The molecule has 1 aliphatic rings. The van der Waals surface area contributed by atoms with E-state index in [0.29, 0.717) is 31.4 Å². The van der Waals surface area contributed by atoms with Crippen LogP contribution in [0.3, 0.4) is 0 Å². The number of aryl methyl sites for hydroxylation is 2. The highest BCUT2D eigenvalue weighted by molar-refractivity contribution is 5.76. The Hall–Kier alpha value is -2.41. The zero-order chi connectivity index (χ0) is 18.7. The fourth-order valence-corrected chi connectivity index (χ4v) is 3.36. The van der Waals surface area contributed by atoms with Gasteiger partial charge in [0.05, 0.1) is 19.3 Å². The van der Waals surface area contributed by atoms with Gasteiger partial charge in [-0.15, -0.1) is 0 Å². The maximum atomic E-state index is 14.1. The Morgan fingerprint density at radius 2 is 2.27 bits per heavy atom. The van der Waals surface area contributed by atoms with E-state index in [9.17, 15) is 14.3 Å². The molecule has 0 saturated heterocycles. The van der Waals surface area contributed by atoms with Gasteiger partial charge in [0.1, 0.15) is 5.82 Å². The van der Waals surface area contributed by atoms with Crippen molar-refractivity contribution in [2.24, 2.45) is 5.92 Å². The number of methoxy groups -OCH3 is 1. The summed E-state index contributed by atoms with van der Waals surface area (Å²) in [6.45, 7) is 2.42. The highest BCUT2D eigenvalue weighted by Crippen LogP contribution is 2.39. The maximum absolute atomic E-state index is 14.1. The molecule has 1 heterocycles. The average molecular weight is 361 g/mol. The summed E-state index contributed by atoms with van der Waals surface area (Å²) < 4.78 is 21.0. The average Bonchev–Trinajstić information content (AvgIpc) is 3.00. The zero-order valence-electron chi connectivity index (χ0n) is 15.0. The van der Waals surface area contributed by atoms with Crippen LogP contribution in [0.5, 0.6) is 5.75 Å². The lowest BCUT2D eigenvalue weighted by Crippen LogP contribution is -2.41. The van der Waals surface area contributed by atoms with Gasteiger partial charge in [-0.3, -0.25) is 4.79 Å². The first-order chi connectivity index (χ1) is 12.5. The van der Waals surface area contributed by atoms with E-state index in [4.69, 9.17) is 4.74 Å². The number of carbonyl (C=O) groups is 1. The Bertz CT molecular complexity index is 771. The van der Waals surface area contributed by atoms with Gasteiger partial charge in [0.2, 0.25) is 5.91 Å². The van der Waals surface area contributed by atoms with E-state index in [-0.39, 0.29) is 29.7 Å². The van der Waals surface area contributed by atoms with Crippen LogP contribution < -0.4 is 10.1 Å². The molecular weight excluding hydrogens is 337 g/mol. The quantitative estimate of drug-likeness (QED) is 0.794. The Labute approximate surface area is 152 Å². The molecule has 6 nitrogen and oxygen atoms in total. The number of ether oxygens (including phenoxy) is 1. The number of hydrogen-bond acceptors (Lipinski definition) is 4. The summed E-state index contributed by atoms with van der Waals surface area (Å²) in [5.74, 6) is 0.548. The molecule has 0 radical (unpaired) electrons. The van der Waals surface area contributed by atoms with Crippen molar-refractivity contribution >= 4 is 5.91 Å². The van der Waals surface area contributed by atoms with Crippen LogP contribution in [-0.4, -0.2) is 33.8 Å². The van der Waals surface area contributed by atoms with E-state index in [0.717, 1.165) is 5.82 Å². The molecule has 1 aliphatic carbocycles. The van der Waals surface area contributed by atoms with Crippen LogP contribution in [0.15, 0.2) is 30.6 Å². The summed E-state index contributed by atoms with van der Waals surface area (Å²) in [6, 6.07) is 4.40. The van der Waals surface area contributed by atoms with Crippen molar-refractivity contribution in [3.8, 4) is 5.75 Å². The summed E-state index contributed by atoms with van der Waals surface area (Å²) in [6.07, 6.45) is 4.68. The van der Waals surface area contributed by atoms with Crippen LogP contribution >= 0.6 is 0 Å². The number of rotatable bonds is 7. The van der Waals surface area contributed by atoms with Gasteiger partial charge in [0.15, 0.2) is 11.6 Å². The Balaban J connectivity index is 1.69. The second-order valence-corrected chi connectivity index (χ2v) is 6.74. The van der Waals surface area contributed by atoms with Gasteiger partial charge in [-0.2, -0.15) is 0 Å². The van der Waals surface area contributed by atoms with Crippen LogP contribution in [0.25, 0.3) is 0 Å². The van der Waals surface area contributed by atoms with Crippen molar-refractivity contribution in [1.82, 2.24) is 14.9 Å². The first-order valence-electron chi connectivity index (χ1n) is 8.76. The lowest BCUT2D eigenvalue weighted by molar-refractivity contribution is -0.123. The van der Waals surface area contributed by atoms with Crippen molar-refractivity contribution in [1.29, 1.82) is 0 Å². The Morgan fingerprint density at radius 3 is 2.85 bits per heavy atom.